The van der Waals surface area contributed by atoms with Gasteiger partial charge in [-0.25, -0.2) is 4.79 Å². The van der Waals surface area contributed by atoms with E-state index in [0.29, 0.717) is 17.4 Å². The van der Waals surface area contributed by atoms with Crippen LogP contribution < -0.4 is 0 Å². The molecule has 1 rings (SSSR count). The highest BCUT2D eigenvalue weighted by molar-refractivity contribution is 5.88. The normalized spacial score (nSPS) is 10.3. The SMILES string of the molecule is CC(C)(C)c1ccc(C=O)c(C#CC(=O)O)c1. The molecular formula is C14H14O3. The van der Waals surface area contributed by atoms with Gasteiger partial charge in [-0.2, -0.15) is 0 Å². The van der Waals surface area contributed by atoms with Crippen LogP contribution in [0.3, 0.4) is 0 Å². The molecule has 0 bridgehead atoms. The van der Waals surface area contributed by atoms with Gasteiger partial charge in [-0.05, 0) is 17.0 Å². The molecule has 88 valence electrons. The predicted octanol–water partition coefficient (Wildman–Crippen LogP) is 2.23. The Morgan fingerprint density at radius 2 is 2.00 bits per heavy atom. The lowest BCUT2D eigenvalue weighted by molar-refractivity contribution is -0.130. The zero-order valence-corrected chi connectivity index (χ0v) is 10.1. The Labute approximate surface area is 100 Å². The molecule has 17 heavy (non-hydrogen) atoms. The number of aliphatic carboxylic acids is 1. The molecule has 0 aliphatic heterocycles. The van der Waals surface area contributed by atoms with Gasteiger partial charge in [-0.1, -0.05) is 38.8 Å². The van der Waals surface area contributed by atoms with Crippen LogP contribution in [-0.2, 0) is 10.2 Å². The molecule has 1 N–H and O–H groups in total. The van der Waals surface area contributed by atoms with Gasteiger partial charge in [-0.3, -0.25) is 4.79 Å². The summed E-state index contributed by atoms with van der Waals surface area (Å²) in [6.07, 6.45) is 0.679. The summed E-state index contributed by atoms with van der Waals surface area (Å²) in [5.74, 6) is 3.31. The van der Waals surface area contributed by atoms with Crippen LogP contribution in [0.15, 0.2) is 18.2 Å². The van der Waals surface area contributed by atoms with E-state index in [4.69, 9.17) is 5.11 Å². The monoisotopic (exact) mass is 230 g/mol. The summed E-state index contributed by atoms with van der Waals surface area (Å²) in [6, 6.07) is 5.29. The molecule has 0 unspecified atom stereocenters. The highest BCUT2D eigenvalue weighted by Crippen LogP contribution is 2.23. The first-order chi connectivity index (χ1) is 7.84. The summed E-state index contributed by atoms with van der Waals surface area (Å²) >= 11 is 0. The summed E-state index contributed by atoms with van der Waals surface area (Å²) in [7, 11) is 0. The lowest BCUT2D eigenvalue weighted by Crippen LogP contribution is -2.11. The molecule has 0 atom stereocenters. The van der Waals surface area contributed by atoms with Gasteiger partial charge in [0.2, 0.25) is 0 Å². The fraction of sp³-hybridized carbons (Fsp3) is 0.286. The predicted molar refractivity (Wildman–Crippen MR) is 65.0 cm³/mol. The number of hydrogen-bond acceptors (Lipinski definition) is 2. The standard InChI is InChI=1S/C14H14O3/c1-14(2,3)12-6-4-11(9-15)10(8-12)5-7-13(16)17/h4,6,8-9H,1-3H3,(H,16,17). The van der Waals surface area contributed by atoms with Crippen molar-refractivity contribution in [3.63, 3.8) is 0 Å². The van der Waals surface area contributed by atoms with Crippen LogP contribution in [0.1, 0.15) is 42.3 Å². The van der Waals surface area contributed by atoms with Crippen molar-refractivity contribution in [1.82, 2.24) is 0 Å². The summed E-state index contributed by atoms with van der Waals surface area (Å²) in [6.45, 7) is 6.12. The summed E-state index contributed by atoms with van der Waals surface area (Å²) in [5, 5.41) is 8.51. The second-order valence-corrected chi connectivity index (χ2v) is 4.73. The van der Waals surface area contributed by atoms with Crippen molar-refractivity contribution in [2.45, 2.75) is 26.2 Å². The largest absolute Gasteiger partial charge is 0.472 e. The van der Waals surface area contributed by atoms with Crippen LogP contribution in [0, 0.1) is 11.8 Å². The molecule has 3 nitrogen and oxygen atoms in total. The summed E-state index contributed by atoms with van der Waals surface area (Å²) < 4.78 is 0. The van der Waals surface area contributed by atoms with Gasteiger partial charge in [0.1, 0.15) is 0 Å². The smallest absolute Gasteiger partial charge is 0.382 e. The summed E-state index contributed by atoms with van der Waals surface area (Å²) in [4.78, 5) is 21.2. The Kier molecular flexibility index (Phi) is 3.69. The average molecular weight is 230 g/mol. The van der Waals surface area contributed by atoms with E-state index in [1.54, 1.807) is 12.1 Å². The van der Waals surface area contributed by atoms with Crippen molar-refractivity contribution in [2.75, 3.05) is 0 Å². The molecule has 0 fully saturated rings. The van der Waals surface area contributed by atoms with Gasteiger partial charge in [0, 0.05) is 17.0 Å². The number of carboxylic acids is 1. The van der Waals surface area contributed by atoms with E-state index in [0.717, 1.165) is 5.56 Å². The first kappa shape index (κ1) is 13.0. The number of rotatable bonds is 1. The van der Waals surface area contributed by atoms with Gasteiger partial charge < -0.3 is 5.11 Å². The maximum absolute atomic E-state index is 10.8. The van der Waals surface area contributed by atoms with Crippen LogP contribution in [0.2, 0.25) is 0 Å². The van der Waals surface area contributed by atoms with Crippen LogP contribution >= 0.6 is 0 Å². The lowest BCUT2D eigenvalue weighted by atomic mass is 9.85. The Hall–Kier alpha value is -2.08. The highest BCUT2D eigenvalue weighted by atomic mass is 16.4. The van der Waals surface area contributed by atoms with Crippen molar-refractivity contribution in [3.05, 3.63) is 34.9 Å². The first-order valence-electron chi connectivity index (χ1n) is 5.19. The van der Waals surface area contributed by atoms with Crippen LogP contribution in [0.5, 0.6) is 0 Å². The molecule has 0 aliphatic rings. The minimum atomic E-state index is -1.21. The van der Waals surface area contributed by atoms with Gasteiger partial charge in [-0.15, -0.1) is 0 Å². The van der Waals surface area contributed by atoms with Crippen molar-refractivity contribution < 1.29 is 14.7 Å². The lowest BCUT2D eigenvalue weighted by Gasteiger charge is -2.19. The molecule has 0 amide bonds. The van der Waals surface area contributed by atoms with Gasteiger partial charge in [0.25, 0.3) is 0 Å². The average Bonchev–Trinajstić information content (AvgIpc) is 2.24. The van der Waals surface area contributed by atoms with Crippen molar-refractivity contribution in [1.29, 1.82) is 0 Å². The fourth-order valence-electron chi connectivity index (χ4n) is 1.35. The number of carboxylic acid groups (broad SMARTS) is 1. The molecule has 1 aromatic rings. The Morgan fingerprint density at radius 1 is 1.35 bits per heavy atom. The molecule has 0 aliphatic carbocycles. The van der Waals surface area contributed by atoms with Gasteiger partial charge in [0.15, 0.2) is 6.29 Å². The van der Waals surface area contributed by atoms with E-state index in [1.807, 2.05) is 32.8 Å². The second kappa shape index (κ2) is 4.84. The third-order valence-electron chi connectivity index (χ3n) is 2.35. The third-order valence-corrected chi connectivity index (χ3v) is 2.35. The van der Waals surface area contributed by atoms with E-state index >= 15 is 0 Å². The van der Waals surface area contributed by atoms with Crippen molar-refractivity contribution in [3.8, 4) is 11.8 Å². The number of benzene rings is 1. The van der Waals surface area contributed by atoms with Crippen molar-refractivity contribution in [2.24, 2.45) is 0 Å². The molecule has 0 saturated heterocycles. The number of aldehydes is 1. The van der Waals surface area contributed by atoms with Crippen LogP contribution in [0.25, 0.3) is 0 Å². The molecule has 0 spiro atoms. The zero-order chi connectivity index (χ0) is 13.1. The van der Waals surface area contributed by atoms with E-state index in [-0.39, 0.29) is 5.41 Å². The molecule has 3 heteroatoms. The second-order valence-electron chi connectivity index (χ2n) is 4.73. The molecule has 0 aromatic heterocycles. The maximum Gasteiger partial charge on any atom is 0.382 e. The zero-order valence-electron chi connectivity index (χ0n) is 10.1. The fourth-order valence-corrected chi connectivity index (χ4v) is 1.35. The number of carbonyl (C=O) groups is 2. The van der Waals surface area contributed by atoms with Gasteiger partial charge in [0.05, 0.1) is 0 Å². The maximum atomic E-state index is 10.8. The highest BCUT2D eigenvalue weighted by Gasteiger charge is 2.14. The molecular weight excluding hydrogens is 216 g/mol. The molecule has 0 radical (unpaired) electrons. The molecule has 0 saturated carbocycles. The molecule has 1 aromatic carbocycles. The van der Waals surface area contributed by atoms with Crippen LogP contribution in [-0.4, -0.2) is 17.4 Å². The quantitative estimate of drug-likeness (QED) is 0.594. The Bertz CT molecular complexity index is 510. The number of carbonyl (C=O) groups excluding carboxylic acids is 1. The van der Waals surface area contributed by atoms with Crippen molar-refractivity contribution >= 4 is 12.3 Å². The third kappa shape index (κ3) is 3.46. The number of hydrogen-bond donors (Lipinski definition) is 1. The summed E-state index contributed by atoms with van der Waals surface area (Å²) in [5.41, 5.74) is 1.81. The minimum Gasteiger partial charge on any atom is -0.472 e. The van der Waals surface area contributed by atoms with E-state index < -0.39 is 5.97 Å². The Morgan fingerprint density at radius 3 is 2.47 bits per heavy atom. The Balaban J connectivity index is 3.31. The van der Waals surface area contributed by atoms with Crippen LogP contribution in [0.4, 0.5) is 0 Å². The van der Waals surface area contributed by atoms with E-state index in [2.05, 4.69) is 5.92 Å². The van der Waals surface area contributed by atoms with E-state index in [9.17, 15) is 9.59 Å². The molecule has 0 heterocycles. The minimum absolute atomic E-state index is 0.0684. The van der Waals surface area contributed by atoms with Gasteiger partial charge >= 0.3 is 5.97 Å². The topological polar surface area (TPSA) is 54.4 Å². The first-order valence-corrected chi connectivity index (χ1v) is 5.19. The van der Waals surface area contributed by atoms with E-state index in [1.165, 1.54) is 0 Å².